The molecule has 0 atom stereocenters. The fourth-order valence-corrected chi connectivity index (χ4v) is 2.54. The first-order chi connectivity index (χ1) is 13.7. The van der Waals surface area contributed by atoms with Crippen LogP contribution in [0.4, 0.5) is 4.39 Å². The summed E-state index contributed by atoms with van der Waals surface area (Å²) >= 11 is 0. The predicted octanol–water partition coefficient (Wildman–Crippen LogP) is 3.90. The summed E-state index contributed by atoms with van der Waals surface area (Å²) in [6.07, 6.45) is 4.06. The Morgan fingerprint density at radius 3 is 2.89 bits per heavy atom. The van der Waals surface area contributed by atoms with Crippen molar-refractivity contribution in [1.82, 2.24) is 15.6 Å². The fourth-order valence-electron chi connectivity index (χ4n) is 2.54. The molecule has 0 radical (unpaired) electrons. The van der Waals surface area contributed by atoms with Crippen molar-refractivity contribution in [2.45, 2.75) is 19.9 Å². The molecule has 0 spiro atoms. The normalized spacial score (nSPS) is 11.3. The Labute approximate surface area is 163 Å². The highest BCUT2D eigenvalue weighted by Crippen LogP contribution is 2.23. The largest absolute Gasteiger partial charge is 0.469 e. The number of halogens is 1. The van der Waals surface area contributed by atoms with E-state index < -0.39 is 0 Å². The lowest BCUT2D eigenvalue weighted by Gasteiger charge is -2.12. The number of furan rings is 1. The van der Waals surface area contributed by atoms with Crippen LogP contribution >= 0.6 is 0 Å². The Bertz CT molecular complexity index is 897. The standard InChI is InChI=1S/C21H23FN4O2/c1-2-23-21(25-12-10-18-9-5-13-27-18)26-15-16-6-4-11-24-20(16)28-19-8-3-7-17(22)14-19/h3-9,11,13-14H,2,10,12,15H2,1H3,(H2,23,25,26). The maximum atomic E-state index is 13.4. The second-order valence-electron chi connectivity index (χ2n) is 5.98. The van der Waals surface area contributed by atoms with Crippen LogP contribution in [-0.2, 0) is 13.0 Å². The molecular weight excluding hydrogens is 359 g/mol. The molecule has 0 unspecified atom stereocenters. The third-order valence-corrected chi connectivity index (χ3v) is 3.86. The van der Waals surface area contributed by atoms with Gasteiger partial charge in [-0.25, -0.2) is 14.4 Å². The summed E-state index contributed by atoms with van der Waals surface area (Å²) in [5.74, 6) is 2.05. The molecule has 3 rings (SSSR count). The number of nitrogens with one attached hydrogen (secondary N) is 2. The number of benzene rings is 1. The van der Waals surface area contributed by atoms with Crippen molar-refractivity contribution in [2.24, 2.45) is 4.99 Å². The van der Waals surface area contributed by atoms with Gasteiger partial charge in [-0.2, -0.15) is 0 Å². The first kappa shape index (κ1) is 19.4. The van der Waals surface area contributed by atoms with E-state index in [-0.39, 0.29) is 5.82 Å². The molecule has 1 aromatic carbocycles. The summed E-state index contributed by atoms with van der Waals surface area (Å²) in [4.78, 5) is 8.85. The molecule has 7 heteroatoms. The number of hydrogen-bond donors (Lipinski definition) is 2. The molecule has 2 N–H and O–H groups in total. The molecule has 0 bridgehead atoms. The van der Waals surface area contributed by atoms with Crippen molar-refractivity contribution in [2.75, 3.05) is 13.1 Å². The molecule has 0 aliphatic rings. The molecule has 0 saturated heterocycles. The molecule has 0 fully saturated rings. The van der Waals surface area contributed by atoms with Gasteiger partial charge in [0, 0.05) is 37.3 Å². The van der Waals surface area contributed by atoms with E-state index in [4.69, 9.17) is 9.15 Å². The summed E-state index contributed by atoms with van der Waals surface area (Å²) in [5.41, 5.74) is 0.801. The number of aliphatic imine (C=N–C) groups is 1. The van der Waals surface area contributed by atoms with Crippen LogP contribution < -0.4 is 15.4 Å². The molecule has 0 saturated carbocycles. The minimum atomic E-state index is -0.358. The van der Waals surface area contributed by atoms with E-state index in [2.05, 4.69) is 20.6 Å². The molecule has 3 aromatic rings. The van der Waals surface area contributed by atoms with E-state index >= 15 is 0 Å². The number of aromatic nitrogens is 1. The summed E-state index contributed by atoms with van der Waals surface area (Å²) in [5, 5.41) is 6.48. The van der Waals surface area contributed by atoms with E-state index in [1.807, 2.05) is 31.2 Å². The highest BCUT2D eigenvalue weighted by molar-refractivity contribution is 5.79. The molecule has 6 nitrogen and oxygen atoms in total. The molecule has 0 aliphatic heterocycles. The SMILES string of the molecule is CCNC(=NCc1cccnc1Oc1cccc(F)c1)NCCc1ccco1. The van der Waals surface area contributed by atoms with Gasteiger partial charge in [0.15, 0.2) is 5.96 Å². The zero-order valence-electron chi connectivity index (χ0n) is 15.7. The summed E-state index contributed by atoms with van der Waals surface area (Å²) in [6.45, 7) is 3.81. The van der Waals surface area contributed by atoms with E-state index in [9.17, 15) is 4.39 Å². The zero-order chi connectivity index (χ0) is 19.6. The highest BCUT2D eigenvalue weighted by Gasteiger charge is 2.07. The maximum absolute atomic E-state index is 13.4. The third-order valence-electron chi connectivity index (χ3n) is 3.86. The second kappa shape index (κ2) is 10.1. The predicted molar refractivity (Wildman–Crippen MR) is 106 cm³/mol. The van der Waals surface area contributed by atoms with Crippen LogP contribution in [0.15, 0.2) is 70.4 Å². The minimum Gasteiger partial charge on any atom is -0.469 e. The van der Waals surface area contributed by atoms with E-state index in [1.165, 1.54) is 12.1 Å². The summed E-state index contributed by atoms with van der Waals surface area (Å²) < 4.78 is 24.5. The van der Waals surface area contributed by atoms with Gasteiger partial charge in [0.05, 0.1) is 12.8 Å². The lowest BCUT2D eigenvalue weighted by molar-refractivity contribution is 0.452. The Kier molecular flexibility index (Phi) is 7.01. The molecule has 146 valence electrons. The third kappa shape index (κ3) is 5.84. The van der Waals surface area contributed by atoms with E-state index in [0.717, 1.165) is 24.3 Å². The number of pyridine rings is 1. The lowest BCUT2D eigenvalue weighted by atomic mass is 10.2. The van der Waals surface area contributed by atoms with Crippen LogP contribution in [0.5, 0.6) is 11.6 Å². The minimum absolute atomic E-state index is 0.358. The summed E-state index contributed by atoms with van der Waals surface area (Å²) in [7, 11) is 0. The van der Waals surface area contributed by atoms with Crippen LogP contribution in [0, 0.1) is 5.82 Å². The topological polar surface area (TPSA) is 71.7 Å². The number of hydrogen-bond acceptors (Lipinski definition) is 4. The van der Waals surface area contributed by atoms with Gasteiger partial charge in [0.2, 0.25) is 5.88 Å². The average Bonchev–Trinajstić information content (AvgIpc) is 3.21. The van der Waals surface area contributed by atoms with Gasteiger partial charge in [-0.1, -0.05) is 12.1 Å². The molecular formula is C21H23FN4O2. The van der Waals surface area contributed by atoms with Gasteiger partial charge >= 0.3 is 0 Å². The second-order valence-corrected chi connectivity index (χ2v) is 5.98. The molecule has 0 amide bonds. The fraction of sp³-hybridized carbons (Fsp3) is 0.238. The van der Waals surface area contributed by atoms with Crippen LogP contribution in [0.3, 0.4) is 0 Å². The van der Waals surface area contributed by atoms with Crippen LogP contribution in [0.25, 0.3) is 0 Å². The zero-order valence-corrected chi connectivity index (χ0v) is 15.7. The van der Waals surface area contributed by atoms with Gasteiger partial charge < -0.3 is 19.8 Å². The van der Waals surface area contributed by atoms with Gasteiger partial charge in [-0.3, -0.25) is 0 Å². The number of ether oxygens (including phenoxy) is 1. The first-order valence-electron chi connectivity index (χ1n) is 9.16. The first-order valence-corrected chi connectivity index (χ1v) is 9.16. The number of nitrogens with zero attached hydrogens (tertiary/aromatic N) is 2. The van der Waals surface area contributed by atoms with Gasteiger partial charge in [0.25, 0.3) is 0 Å². The van der Waals surface area contributed by atoms with Gasteiger partial charge in [-0.05, 0) is 37.3 Å². The van der Waals surface area contributed by atoms with Crippen LogP contribution in [0.2, 0.25) is 0 Å². The van der Waals surface area contributed by atoms with E-state index in [0.29, 0.717) is 30.7 Å². The molecule has 28 heavy (non-hydrogen) atoms. The van der Waals surface area contributed by atoms with E-state index in [1.54, 1.807) is 24.6 Å². The van der Waals surface area contributed by atoms with Crippen molar-refractivity contribution in [3.63, 3.8) is 0 Å². The summed E-state index contributed by atoms with van der Waals surface area (Å²) in [6, 6.07) is 13.5. The number of rotatable bonds is 8. The smallest absolute Gasteiger partial charge is 0.224 e. The highest BCUT2D eigenvalue weighted by atomic mass is 19.1. The van der Waals surface area contributed by atoms with Crippen molar-refractivity contribution in [1.29, 1.82) is 0 Å². The maximum Gasteiger partial charge on any atom is 0.224 e. The van der Waals surface area contributed by atoms with Gasteiger partial charge in [0.1, 0.15) is 17.3 Å². The Morgan fingerprint density at radius 2 is 2.11 bits per heavy atom. The quantitative estimate of drug-likeness (QED) is 0.457. The lowest BCUT2D eigenvalue weighted by Crippen LogP contribution is -2.38. The molecule has 2 aromatic heterocycles. The van der Waals surface area contributed by atoms with Crippen molar-refractivity contribution >= 4 is 5.96 Å². The van der Waals surface area contributed by atoms with Crippen LogP contribution in [-0.4, -0.2) is 24.0 Å². The van der Waals surface area contributed by atoms with Crippen molar-refractivity contribution in [3.05, 3.63) is 78.1 Å². The average molecular weight is 382 g/mol. The number of guanidine groups is 1. The Morgan fingerprint density at radius 1 is 1.18 bits per heavy atom. The Hall–Kier alpha value is -3.35. The Balaban J connectivity index is 1.64. The van der Waals surface area contributed by atoms with Gasteiger partial charge in [-0.15, -0.1) is 0 Å². The monoisotopic (exact) mass is 382 g/mol. The van der Waals surface area contributed by atoms with Crippen molar-refractivity contribution < 1.29 is 13.5 Å². The van der Waals surface area contributed by atoms with Crippen LogP contribution in [0.1, 0.15) is 18.2 Å². The molecule has 0 aliphatic carbocycles. The van der Waals surface area contributed by atoms with Crippen molar-refractivity contribution in [3.8, 4) is 11.6 Å². The molecule has 2 heterocycles.